The topological polar surface area (TPSA) is 33.2 Å². The summed E-state index contributed by atoms with van der Waals surface area (Å²) in [4.78, 5) is 17.4. The van der Waals surface area contributed by atoms with Crippen molar-refractivity contribution in [2.75, 3.05) is 4.90 Å². The molecule has 3 heteroatoms. The molecule has 16 heavy (non-hydrogen) atoms. The lowest BCUT2D eigenvalue weighted by Crippen LogP contribution is -2.23. The molecule has 0 fully saturated rings. The van der Waals surface area contributed by atoms with Gasteiger partial charge in [-0.3, -0.25) is 9.69 Å². The fourth-order valence-electron chi connectivity index (χ4n) is 1.54. The summed E-state index contributed by atoms with van der Waals surface area (Å²) in [6.45, 7) is 1.53. The quantitative estimate of drug-likeness (QED) is 0.766. The molecule has 2 aromatic rings. The van der Waals surface area contributed by atoms with Gasteiger partial charge in [0, 0.05) is 13.1 Å². The van der Waals surface area contributed by atoms with E-state index in [0.717, 1.165) is 5.69 Å². The lowest BCUT2D eigenvalue weighted by Gasteiger charge is -2.19. The smallest absolute Gasteiger partial charge is 0.229 e. The average molecular weight is 212 g/mol. The number of hydrogen-bond acceptors (Lipinski definition) is 2. The molecule has 1 aromatic carbocycles. The third-order valence-electron chi connectivity index (χ3n) is 2.21. The average Bonchev–Trinajstić information content (AvgIpc) is 2.31. The van der Waals surface area contributed by atoms with E-state index in [0.29, 0.717) is 5.82 Å². The Morgan fingerprint density at radius 2 is 1.75 bits per heavy atom. The minimum Gasteiger partial charge on any atom is -0.274 e. The van der Waals surface area contributed by atoms with E-state index in [9.17, 15) is 4.79 Å². The maximum Gasteiger partial charge on any atom is 0.229 e. The molecule has 1 aromatic heterocycles. The Labute approximate surface area is 94.4 Å². The third-order valence-corrected chi connectivity index (χ3v) is 2.21. The van der Waals surface area contributed by atoms with Crippen LogP contribution in [0.15, 0.2) is 54.7 Å². The molecule has 1 amide bonds. The Bertz CT molecular complexity index is 428. The van der Waals surface area contributed by atoms with Gasteiger partial charge < -0.3 is 0 Å². The van der Waals surface area contributed by atoms with E-state index in [4.69, 9.17) is 0 Å². The number of para-hydroxylation sites is 1. The molecule has 0 unspecified atom stereocenters. The van der Waals surface area contributed by atoms with E-state index in [1.807, 2.05) is 48.5 Å². The van der Waals surface area contributed by atoms with Gasteiger partial charge in [-0.1, -0.05) is 24.3 Å². The predicted octanol–water partition coefficient (Wildman–Crippen LogP) is 2.77. The number of nitrogens with zero attached hydrogens (tertiary/aromatic N) is 2. The van der Waals surface area contributed by atoms with Gasteiger partial charge in [-0.15, -0.1) is 0 Å². The first-order valence-electron chi connectivity index (χ1n) is 5.06. The van der Waals surface area contributed by atoms with Crippen LogP contribution in [0.1, 0.15) is 6.92 Å². The summed E-state index contributed by atoms with van der Waals surface area (Å²) in [6, 6.07) is 15.0. The third kappa shape index (κ3) is 2.08. The van der Waals surface area contributed by atoms with Crippen molar-refractivity contribution < 1.29 is 4.79 Å². The van der Waals surface area contributed by atoms with Gasteiger partial charge in [0.15, 0.2) is 0 Å². The zero-order valence-corrected chi connectivity index (χ0v) is 9.00. The van der Waals surface area contributed by atoms with Crippen LogP contribution in [0.2, 0.25) is 0 Å². The molecule has 80 valence electrons. The van der Waals surface area contributed by atoms with Crippen molar-refractivity contribution in [2.24, 2.45) is 0 Å². The van der Waals surface area contributed by atoms with Crippen LogP contribution in [0.4, 0.5) is 11.5 Å². The zero-order chi connectivity index (χ0) is 11.4. The van der Waals surface area contributed by atoms with Gasteiger partial charge in [0.05, 0.1) is 5.69 Å². The van der Waals surface area contributed by atoms with E-state index in [2.05, 4.69) is 4.98 Å². The molecule has 0 atom stereocenters. The van der Waals surface area contributed by atoms with Crippen molar-refractivity contribution in [3.8, 4) is 0 Å². The van der Waals surface area contributed by atoms with Crippen LogP contribution in [0.25, 0.3) is 0 Å². The molecule has 0 radical (unpaired) electrons. The van der Waals surface area contributed by atoms with E-state index < -0.39 is 0 Å². The molecule has 0 aliphatic rings. The monoisotopic (exact) mass is 212 g/mol. The number of pyridine rings is 1. The highest BCUT2D eigenvalue weighted by Crippen LogP contribution is 2.22. The SMILES string of the molecule is CC(=O)N(c1ccccc1)c1ccccn1. The largest absolute Gasteiger partial charge is 0.274 e. The number of amides is 1. The molecule has 0 saturated carbocycles. The molecule has 0 aliphatic carbocycles. The minimum atomic E-state index is -0.0510. The maximum atomic E-state index is 11.6. The minimum absolute atomic E-state index is 0.0510. The van der Waals surface area contributed by atoms with Crippen molar-refractivity contribution in [1.82, 2.24) is 4.98 Å². The number of rotatable bonds is 2. The van der Waals surface area contributed by atoms with E-state index >= 15 is 0 Å². The first-order valence-corrected chi connectivity index (χ1v) is 5.06. The van der Waals surface area contributed by atoms with Gasteiger partial charge in [0.1, 0.15) is 5.82 Å². The summed E-state index contributed by atoms with van der Waals surface area (Å²) >= 11 is 0. The van der Waals surface area contributed by atoms with Crippen LogP contribution in [-0.2, 0) is 4.79 Å². The predicted molar refractivity (Wildman–Crippen MR) is 63.5 cm³/mol. The molecule has 3 nitrogen and oxygen atoms in total. The second kappa shape index (κ2) is 4.57. The fourth-order valence-corrected chi connectivity index (χ4v) is 1.54. The van der Waals surface area contributed by atoms with Crippen LogP contribution in [-0.4, -0.2) is 10.9 Å². The molecule has 2 rings (SSSR count). The molecule has 0 aliphatic heterocycles. The van der Waals surface area contributed by atoms with Gasteiger partial charge in [-0.2, -0.15) is 0 Å². The molecular weight excluding hydrogens is 200 g/mol. The number of aromatic nitrogens is 1. The molecule has 1 heterocycles. The van der Waals surface area contributed by atoms with Gasteiger partial charge in [-0.25, -0.2) is 4.98 Å². The number of carbonyl (C=O) groups is 1. The summed E-state index contributed by atoms with van der Waals surface area (Å²) in [5.74, 6) is 0.589. The van der Waals surface area contributed by atoms with Crippen molar-refractivity contribution in [3.05, 3.63) is 54.7 Å². The standard InChI is InChI=1S/C13H12N2O/c1-11(16)15(12-7-3-2-4-8-12)13-9-5-6-10-14-13/h2-10H,1H3. The number of hydrogen-bond donors (Lipinski definition) is 0. The Hall–Kier alpha value is -2.16. The van der Waals surface area contributed by atoms with Gasteiger partial charge in [0.2, 0.25) is 5.91 Å². The van der Waals surface area contributed by atoms with Crippen LogP contribution in [0.5, 0.6) is 0 Å². The highest BCUT2D eigenvalue weighted by molar-refractivity contribution is 5.97. The van der Waals surface area contributed by atoms with Crippen molar-refractivity contribution >= 4 is 17.4 Å². The first-order chi connectivity index (χ1) is 7.79. The molecule has 0 N–H and O–H groups in total. The van der Waals surface area contributed by atoms with Crippen molar-refractivity contribution in [2.45, 2.75) is 6.92 Å². The number of benzene rings is 1. The van der Waals surface area contributed by atoms with E-state index in [1.54, 1.807) is 11.1 Å². The fraction of sp³-hybridized carbons (Fsp3) is 0.0769. The molecule has 0 spiro atoms. The van der Waals surface area contributed by atoms with Crippen molar-refractivity contribution in [3.63, 3.8) is 0 Å². The van der Waals surface area contributed by atoms with Crippen LogP contribution in [0, 0.1) is 0 Å². The Morgan fingerprint density at radius 1 is 1.06 bits per heavy atom. The number of carbonyl (C=O) groups excluding carboxylic acids is 1. The van der Waals surface area contributed by atoms with E-state index in [1.165, 1.54) is 6.92 Å². The van der Waals surface area contributed by atoms with Gasteiger partial charge in [-0.05, 0) is 24.3 Å². The summed E-state index contributed by atoms with van der Waals surface area (Å²) in [6.07, 6.45) is 1.67. The maximum absolute atomic E-state index is 11.6. The lowest BCUT2D eigenvalue weighted by molar-refractivity contribution is -0.115. The summed E-state index contributed by atoms with van der Waals surface area (Å²) in [5, 5.41) is 0. The summed E-state index contributed by atoms with van der Waals surface area (Å²) < 4.78 is 0. The van der Waals surface area contributed by atoms with Gasteiger partial charge in [0.25, 0.3) is 0 Å². The van der Waals surface area contributed by atoms with Gasteiger partial charge >= 0.3 is 0 Å². The summed E-state index contributed by atoms with van der Waals surface area (Å²) in [7, 11) is 0. The second-order valence-corrected chi connectivity index (χ2v) is 3.38. The van der Waals surface area contributed by atoms with E-state index in [-0.39, 0.29) is 5.91 Å². The molecule has 0 saturated heterocycles. The van der Waals surface area contributed by atoms with Crippen LogP contribution in [0.3, 0.4) is 0 Å². The van der Waals surface area contributed by atoms with Crippen LogP contribution >= 0.6 is 0 Å². The van der Waals surface area contributed by atoms with Crippen molar-refractivity contribution in [1.29, 1.82) is 0 Å². The lowest BCUT2D eigenvalue weighted by atomic mass is 10.3. The Morgan fingerprint density at radius 3 is 2.31 bits per heavy atom. The number of anilines is 2. The van der Waals surface area contributed by atoms with Crippen LogP contribution < -0.4 is 4.90 Å². The Balaban J connectivity index is 2.44. The summed E-state index contributed by atoms with van der Waals surface area (Å²) in [5.41, 5.74) is 0.828. The first kappa shape index (κ1) is 10.4. The highest BCUT2D eigenvalue weighted by Gasteiger charge is 2.13. The zero-order valence-electron chi connectivity index (χ0n) is 9.00. The molecule has 0 bridgehead atoms. The Kier molecular flexibility index (Phi) is 2.96. The second-order valence-electron chi connectivity index (χ2n) is 3.38. The highest BCUT2D eigenvalue weighted by atomic mass is 16.2. The molecular formula is C13H12N2O. The normalized spacial score (nSPS) is 9.81.